The zero-order valence-electron chi connectivity index (χ0n) is 8.24. The highest BCUT2D eigenvalue weighted by atomic mass is 35.5. The third-order valence-electron chi connectivity index (χ3n) is 1.99. The van der Waals surface area contributed by atoms with Gasteiger partial charge >= 0.3 is 0 Å². The Balaban J connectivity index is 2.77. The van der Waals surface area contributed by atoms with Crippen molar-refractivity contribution in [1.82, 2.24) is 0 Å². The van der Waals surface area contributed by atoms with Gasteiger partial charge < -0.3 is 4.90 Å². The lowest BCUT2D eigenvalue weighted by Crippen LogP contribution is -2.30. The van der Waals surface area contributed by atoms with Crippen LogP contribution in [0, 0.1) is 0 Å². The van der Waals surface area contributed by atoms with E-state index in [1.165, 1.54) is 0 Å². The Kier molecular flexibility index (Phi) is 4.47. The molecule has 0 aliphatic rings. The Hall–Kier alpha value is -1.02. The van der Waals surface area contributed by atoms with E-state index in [2.05, 4.69) is 0 Å². The van der Waals surface area contributed by atoms with Crippen LogP contribution in [0.3, 0.4) is 0 Å². The van der Waals surface area contributed by atoms with Gasteiger partial charge in [-0.1, -0.05) is 18.2 Å². The van der Waals surface area contributed by atoms with Gasteiger partial charge in [-0.25, -0.2) is 0 Å². The number of benzene rings is 1. The van der Waals surface area contributed by atoms with Gasteiger partial charge in [-0.15, -0.1) is 11.6 Å². The molecule has 0 heterocycles. The molecule has 0 N–H and O–H groups in total. The van der Waals surface area contributed by atoms with Gasteiger partial charge in [0.05, 0.1) is 0 Å². The number of anilines is 1. The van der Waals surface area contributed by atoms with E-state index in [9.17, 15) is 4.79 Å². The predicted molar refractivity (Wildman–Crippen MR) is 59.8 cm³/mol. The fourth-order valence-corrected chi connectivity index (χ4v) is 1.49. The first kappa shape index (κ1) is 11.1. The summed E-state index contributed by atoms with van der Waals surface area (Å²) < 4.78 is 0. The quantitative estimate of drug-likeness (QED) is 0.702. The van der Waals surface area contributed by atoms with Gasteiger partial charge in [0.15, 0.2) is 0 Å². The van der Waals surface area contributed by atoms with Gasteiger partial charge in [0.25, 0.3) is 0 Å². The lowest BCUT2D eigenvalue weighted by atomic mass is 10.2. The second-order valence-corrected chi connectivity index (χ2v) is 3.29. The molecule has 0 unspecified atom stereocenters. The molecule has 1 rings (SSSR count). The van der Waals surface area contributed by atoms with E-state index >= 15 is 0 Å². The molecule has 14 heavy (non-hydrogen) atoms. The Morgan fingerprint density at radius 2 is 2.00 bits per heavy atom. The fraction of sp³-hybridized carbons (Fsp3) is 0.364. The smallest absolute Gasteiger partial charge is 0.228 e. The molecule has 0 spiro atoms. The molecule has 2 nitrogen and oxygen atoms in total. The van der Waals surface area contributed by atoms with Crippen molar-refractivity contribution in [2.75, 3.05) is 17.3 Å². The average Bonchev–Trinajstić information content (AvgIpc) is 2.21. The van der Waals surface area contributed by atoms with Gasteiger partial charge in [-0.2, -0.15) is 0 Å². The minimum absolute atomic E-state index is 0.0775. The van der Waals surface area contributed by atoms with E-state index in [0.717, 1.165) is 5.69 Å². The summed E-state index contributed by atoms with van der Waals surface area (Å²) in [5.74, 6) is 0.455. The Morgan fingerprint density at radius 3 is 2.50 bits per heavy atom. The van der Waals surface area contributed by atoms with Gasteiger partial charge in [-0.05, 0) is 19.1 Å². The zero-order chi connectivity index (χ0) is 10.4. The second-order valence-electron chi connectivity index (χ2n) is 2.91. The average molecular weight is 212 g/mol. The summed E-state index contributed by atoms with van der Waals surface area (Å²) >= 11 is 5.54. The summed E-state index contributed by atoms with van der Waals surface area (Å²) in [7, 11) is 0. The number of amides is 1. The molecular formula is C11H14ClNO. The lowest BCUT2D eigenvalue weighted by Gasteiger charge is -2.20. The first-order chi connectivity index (χ1) is 6.79. The lowest BCUT2D eigenvalue weighted by molar-refractivity contribution is -0.118. The van der Waals surface area contributed by atoms with Crippen molar-refractivity contribution in [3.63, 3.8) is 0 Å². The number of halogens is 1. The fourth-order valence-electron chi connectivity index (χ4n) is 1.33. The predicted octanol–water partition coefficient (Wildman–Crippen LogP) is 2.67. The molecule has 0 bridgehead atoms. The van der Waals surface area contributed by atoms with Crippen LogP contribution in [-0.2, 0) is 4.79 Å². The minimum atomic E-state index is 0.0775. The molecule has 0 aliphatic heterocycles. The maximum atomic E-state index is 11.6. The Labute approximate surface area is 89.5 Å². The number of hydrogen-bond donors (Lipinski definition) is 0. The van der Waals surface area contributed by atoms with E-state index in [4.69, 9.17) is 11.6 Å². The van der Waals surface area contributed by atoms with Gasteiger partial charge in [0.1, 0.15) is 0 Å². The third kappa shape index (κ3) is 2.74. The molecule has 0 aliphatic carbocycles. The highest BCUT2D eigenvalue weighted by molar-refractivity contribution is 6.19. The summed E-state index contributed by atoms with van der Waals surface area (Å²) in [5, 5.41) is 0. The van der Waals surface area contributed by atoms with Crippen LogP contribution >= 0.6 is 11.6 Å². The normalized spacial score (nSPS) is 9.86. The van der Waals surface area contributed by atoms with Crippen LogP contribution in [0.25, 0.3) is 0 Å². The Bertz CT molecular complexity index is 287. The van der Waals surface area contributed by atoms with Crippen molar-refractivity contribution in [1.29, 1.82) is 0 Å². The molecule has 3 heteroatoms. The van der Waals surface area contributed by atoms with Crippen LogP contribution < -0.4 is 4.90 Å². The SMILES string of the molecule is CCN(C(=O)CCCl)c1ccccc1. The summed E-state index contributed by atoms with van der Waals surface area (Å²) in [6, 6.07) is 9.63. The van der Waals surface area contributed by atoms with E-state index in [1.807, 2.05) is 37.3 Å². The van der Waals surface area contributed by atoms with Crippen LogP contribution in [-0.4, -0.2) is 18.3 Å². The van der Waals surface area contributed by atoms with E-state index in [1.54, 1.807) is 4.90 Å². The number of alkyl halides is 1. The van der Waals surface area contributed by atoms with Crippen LogP contribution in [0.15, 0.2) is 30.3 Å². The maximum absolute atomic E-state index is 11.6. The van der Waals surface area contributed by atoms with E-state index in [0.29, 0.717) is 18.8 Å². The third-order valence-corrected chi connectivity index (χ3v) is 2.18. The van der Waals surface area contributed by atoms with Gasteiger partial charge in [0.2, 0.25) is 5.91 Å². The number of hydrogen-bond acceptors (Lipinski definition) is 1. The van der Waals surface area contributed by atoms with Crippen molar-refractivity contribution in [3.05, 3.63) is 30.3 Å². The number of nitrogens with zero attached hydrogens (tertiary/aromatic N) is 1. The summed E-state index contributed by atoms with van der Waals surface area (Å²) in [6.07, 6.45) is 0.393. The van der Waals surface area contributed by atoms with Crippen LogP contribution in [0.2, 0.25) is 0 Å². The maximum Gasteiger partial charge on any atom is 0.228 e. The van der Waals surface area contributed by atoms with Crippen LogP contribution in [0.5, 0.6) is 0 Å². The molecule has 1 aromatic carbocycles. The van der Waals surface area contributed by atoms with Crippen LogP contribution in [0.1, 0.15) is 13.3 Å². The molecule has 0 fully saturated rings. The van der Waals surface area contributed by atoms with E-state index < -0.39 is 0 Å². The monoisotopic (exact) mass is 211 g/mol. The molecule has 0 radical (unpaired) electrons. The number of para-hydroxylation sites is 1. The number of rotatable bonds is 4. The molecule has 1 aromatic rings. The van der Waals surface area contributed by atoms with Crippen molar-refractivity contribution >= 4 is 23.2 Å². The molecule has 0 atom stereocenters. The van der Waals surface area contributed by atoms with Crippen molar-refractivity contribution < 1.29 is 4.79 Å². The molecule has 0 aromatic heterocycles. The summed E-state index contributed by atoms with van der Waals surface area (Å²) in [6.45, 7) is 2.64. The van der Waals surface area contributed by atoms with Crippen LogP contribution in [0.4, 0.5) is 5.69 Å². The second kappa shape index (κ2) is 5.66. The Morgan fingerprint density at radius 1 is 1.36 bits per heavy atom. The minimum Gasteiger partial charge on any atom is -0.313 e. The van der Waals surface area contributed by atoms with Gasteiger partial charge in [-0.3, -0.25) is 4.79 Å². The summed E-state index contributed by atoms with van der Waals surface area (Å²) in [5.41, 5.74) is 0.935. The van der Waals surface area contributed by atoms with E-state index in [-0.39, 0.29) is 5.91 Å². The topological polar surface area (TPSA) is 20.3 Å². The molecule has 0 saturated carbocycles. The zero-order valence-corrected chi connectivity index (χ0v) is 9.00. The molecule has 0 saturated heterocycles. The number of carbonyl (C=O) groups excluding carboxylic acids is 1. The first-order valence-corrected chi connectivity index (χ1v) is 5.24. The van der Waals surface area contributed by atoms with Crippen molar-refractivity contribution in [2.45, 2.75) is 13.3 Å². The molecule has 76 valence electrons. The number of carbonyl (C=O) groups is 1. The first-order valence-electron chi connectivity index (χ1n) is 4.71. The summed E-state index contributed by atoms with van der Waals surface area (Å²) in [4.78, 5) is 13.4. The largest absolute Gasteiger partial charge is 0.313 e. The molecule has 1 amide bonds. The van der Waals surface area contributed by atoms with Crippen molar-refractivity contribution in [2.24, 2.45) is 0 Å². The highest BCUT2D eigenvalue weighted by Crippen LogP contribution is 2.13. The van der Waals surface area contributed by atoms with Crippen molar-refractivity contribution in [3.8, 4) is 0 Å². The van der Waals surface area contributed by atoms with Gasteiger partial charge in [0, 0.05) is 24.5 Å². The highest BCUT2D eigenvalue weighted by Gasteiger charge is 2.11. The molecular weight excluding hydrogens is 198 g/mol. The standard InChI is InChI=1S/C11H14ClNO/c1-2-13(11(14)8-9-12)10-6-4-3-5-7-10/h3-7H,2,8-9H2,1H3.